The van der Waals surface area contributed by atoms with Gasteiger partial charge in [0.25, 0.3) is 0 Å². The largest absolute Gasteiger partial charge is 0.384 e. The van der Waals surface area contributed by atoms with Crippen LogP contribution in [-0.4, -0.2) is 19.0 Å². The normalized spacial score (nSPS) is 13.5. The molecule has 1 unspecified atom stereocenters. The SMILES string of the molecule is COCC(CC(C)C)C(=O)Cl. The smallest absolute Gasteiger partial charge is 0.227 e. The number of carbonyl (C=O) groups is 1. The molecular formula is C8H15ClO2. The lowest BCUT2D eigenvalue weighted by molar-refractivity contribution is -0.117. The van der Waals surface area contributed by atoms with Crippen molar-refractivity contribution in [2.75, 3.05) is 13.7 Å². The van der Waals surface area contributed by atoms with Crippen molar-refractivity contribution in [3.05, 3.63) is 0 Å². The monoisotopic (exact) mass is 178 g/mol. The third-order valence-corrected chi connectivity index (χ3v) is 1.75. The summed E-state index contributed by atoms with van der Waals surface area (Å²) in [6.45, 7) is 4.55. The lowest BCUT2D eigenvalue weighted by Gasteiger charge is -2.12. The van der Waals surface area contributed by atoms with Crippen molar-refractivity contribution in [2.24, 2.45) is 11.8 Å². The number of hydrogen-bond acceptors (Lipinski definition) is 2. The Bertz CT molecular complexity index is 123. The van der Waals surface area contributed by atoms with Gasteiger partial charge in [-0.15, -0.1) is 0 Å². The molecule has 0 aromatic heterocycles. The van der Waals surface area contributed by atoms with Crippen LogP contribution in [0.2, 0.25) is 0 Å². The van der Waals surface area contributed by atoms with Gasteiger partial charge in [-0.05, 0) is 23.9 Å². The van der Waals surface area contributed by atoms with E-state index in [4.69, 9.17) is 16.3 Å². The quantitative estimate of drug-likeness (QED) is 0.603. The van der Waals surface area contributed by atoms with Crippen LogP contribution < -0.4 is 0 Å². The number of carbonyl (C=O) groups excluding carboxylic acids is 1. The van der Waals surface area contributed by atoms with E-state index in [-0.39, 0.29) is 11.2 Å². The number of halogens is 1. The number of hydrogen-bond donors (Lipinski definition) is 0. The third kappa shape index (κ3) is 5.22. The van der Waals surface area contributed by atoms with Crippen molar-refractivity contribution in [3.8, 4) is 0 Å². The Balaban J connectivity index is 3.79. The van der Waals surface area contributed by atoms with Gasteiger partial charge in [-0.2, -0.15) is 0 Å². The highest BCUT2D eigenvalue weighted by Gasteiger charge is 2.16. The molecule has 0 heterocycles. The first-order valence-electron chi connectivity index (χ1n) is 3.76. The van der Waals surface area contributed by atoms with Crippen LogP contribution in [0.25, 0.3) is 0 Å². The molecule has 0 saturated heterocycles. The molecule has 3 heteroatoms. The second-order valence-electron chi connectivity index (χ2n) is 3.09. The topological polar surface area (TPSA) is 26.3 Å². The van der Waals surface area contributed by atoms with E-state index in [0.29, 0.717) is 12.5 Å². The zero-order valence-electron chi connectivity index (χ0n) is 7.26. The summed E-state index contributed by atoms with van der Waals surface area (Å²) >= 11 is 5.35. The summed E-state index contributed by atoms with van der Waals surface area (Å²) < 4.78 is 4.86. The molecule has 0 saturated carbocycles. The third-order valence-electron chi connectivity index (χ3n) is 1.44. The molecule has 0 bridgehead atoms. The molecule has 0 aliphatic rings. The van der Waals surface area contributed by atoms with E-state index in [2.05, 4.69) is 13.8 Å². The Morgan fingerprint density at radius 2 is 2.09 bits per heavy atom. The van der Waals surface area contributed by atoms with Crippen molar-refractivity contribution in [1.29, 1.82) is 0 Å². The van der Waals surface area contributed by atoms with Gasteiger partial charge in [0.15, 0.2) is 0 Å². The van der Waals surface area contributed by atoms with Crippen LogP contribution in [0.1, 0.15) is 20.3 Å². The molecule has 0 spiro atoms. The zero-order valence-corrected chi connectivity index (χ0v) is 8.02. The summed E-state index contributed by atoms with van der Waals surface area (Å²) in [5.74, 6) is 0.347. The molecule has 0 amide bonds. The van der Waals surface area contributed by atoms with Crippen molar-refractivity contribution in [3.63, 3.8) is 0 Å². The van der Waals surface area contributed by atoms with Crippen molar-refractivity contribution < 1.29 is 9.53 Å². The Labute approximate surface area is 72.9 Å². The van der Waals surface area contributed by atoms with E-state index >= 15 is 0 Å². The molecule has 66 valence electrons. The molecule has 0 aromatic carbocycles. The van der Waals surface area contributed by atoms with Crippen LogP contribution in [0.5, 0.6) is 0 Å². The van der Waals surface area contributed by atoms with Crippen molar-refractivity contribution in [1.82, 2.24) is 0 Å². The predicted molar refractivity (Wildman–Crippen MR) is 45.7 cm³/mol. The fraction of sp³-hybridized carbons (Fsp3) is 0.875. The van der Waals surface area contributed by atoms with Gasteiger partial charge in [0.05, 0.1) is 12.5 Å². The molecule has 0 aliphatic heterocycles. The summed E-state index contributed by atoms with van der Waals surface area (Å²) in [4.78, 5) is 10.8. The molecular weight excluding hydrogens is 164 g/mol. The highest BCUT2D eigenvalue weighted by molar-refractivity contribution is 6.64. The van der Waals surface area contributed by atoms with Crippen LogP contribution in [0.4, 0.5) is 0 Å². The van der Waals surface area contributed by atoms with Gasteiger partial charge in [-0.3, -0.25) is 4.79 Å². The minimum atomic E-state index is -0.291. The molecule has 0 rings (SSSR count). The van der Waals surface area contributed by atoms with Crippen LogP contribution in [0.3, 0.4) is 0 Å². The summed E-state index contributed by atoms with van der Waals surface area (Å²) in [5.41, 5.74) is 0. The van der Waals surface area contributed by atoms with Crippen molar-refractivity contribution in [2.45, 2.75) is 20.3 Å². The molecule has 1 atom stereocenters. The first-order valence-corrected chi connectivity index (χ1v) is 4.14. The average molecular weight is 179 g/mol. The first kappa shape index (κ1) is 10.9. The van der Waals surface area contributed by atoms with E-state index in [9.17, 15) is 4.79 Å². The zero-order chi connectivity index (χ0) is 8.85. The predicted octanol–water partition coefficient (Wildman–Crippen LogP) is 2.06. The van der Waals surface area contributed by atoms with Gasteiger partial charge in [-0.25, -0.2) is 0 Å². The van der Waals surface area contributed by atoms with E-state index in [1.165, 1.54) is 0 Å². The minimum Gasteiger partial charge on any atom is -0.384 e. The highest BCUT2D eigenvalue weighted by atomic mass is 35.5. The van der Waals surface area contributed by atoms with Gasteiger partial charge in [0, 0.05) is 7.11 Å². The maximum Gasteiger partial charge on any atom is 0.227 e. The van der Waals surface area contributed by atoms with Gasteiger partial charge in [0.2, 0.25) is 5.24 Å². The fourth-order valence-electron chi connectivity index (χ4n) is 0.996. The Morgan fingerprint density at radius 3 is 2.36 bits per heavy atom. The van der Waals surface area contributed by atoms with Crippen LogP contribution in [0.15, 0.2) is 0 Å². The molecule has 0 aliphatic carbocycles. The standard InChI is InChI=1S/C8H15ClO2/c1-6(2)4-7(5-11-3)8(9)10/h6-7H,4-5H2,1-3H3. The molecule has 11 heavy (non-hydrogen) atoms. The van der Waals surface area contributed by atoms with Crippen LogP contribution in [0, 0.1) is 11.8 Å². The molecule has 0 radical (unpaired) electrons. The Kier molecular flexibility index (Phi) is 5.51. The molecule has 2 nitrogen and oxygen atoms in total. The second kappa shape index (κ2) is 5.56. The highest BCUT2D eigenvalue weighted by Crippen LogP contribution is 2.14. The lowest BCUT2D eigenvalue weighted by atomic mass is 9.99. The number of rotatable bonds is 5. The average Bonchev–Trinajstić information content (AvgIpc) is 1.86. The van der Waals surface area contributed by atoms with Crippen LogP contribution in [-0.2, 0) is 9.53 Å². The van der Waals surface area contributed by atoms with Gasteiger partial charge < -0.3 is 4.74 Å². The van der Waals surface area contributed by atoms with Gasteiger partial charge in [0.1, 0.15) is 0 Å². The first-order chi connectivity index (χ1) is 5.07. The van der Waals surface area contributed by atoms with Crippen molar-refractivity contribution >= 4 is 16.8 Å². The van der Waals surface area contributed by atoms with E-state index in [1.54, 1.807) is 7.11 Å². The molecule has 0 aromatic rings. The maximum absolute atomic E-state index is 10.8. The summed E-state index contributed by atoms with van der Waals surface area (Å²) in [6, 6.07) is 0. The summed E-state index contributed by atoms with van der Waals surface area (Å²) in [7, 11) is 1.58. The van der Waals surface area contributed by atoms with E-state index in [0.717, 1.165) is 6.42 Å². The van der Waals surface area contributed by atoms with Gasteiger partial charge >= 0.3 is 0 Å². The summed E-state index contributed by atoms with van der Waals surface area (Å²) in [5, 5.41) is -0.291. The lowest BCUT2D eigenvalue weighted by Crippen LogP contribution is -2.17. The van der Waals surface area contributed by atoms with E-state index in [1.807, 2.05) is 0 Å². The maximum atomic E-state index is 10.8. The Hall–Kier alpha value is -0.0800. The Morgan fingerprint density at radius 1 is 1.55 bits per heavy atom. The molecule has 0 fully saturated rings. The summed E-state index contributed by atoms with van der Waals surface area (Å²) in [6.07, 6.45) is 0.802. The number of ether oxygens (including phenoxy) is 1. The van der Waals surface area contributed by atoms with Gasteiger partial charge in [-0.1, -0.05) is 13.8 Å². The second-order valence-corrected chi connectivity index (χ2v) is 3.46. The fourth-order valence-corrected chi connectivity index (χ4v) is 1.15. The van der Waals surface area contributed by atoms with E-state index < -0.39 is 0 Å². The minimum absolute atomic E-state index is 0.137. The van der Waals surface area contributed by atoms with Crippen LogP contribution >= 0.6 is 11.6 Å². The molecule has 0 N–H and O–H groups in total. The number of methoxy groups -OCH3 is 1.